The van der Waals surface area contributed by atoms with Gasteiger partial charge in [0, 0.05) is 6.42 Å². The Labute approximate surface area is 141 Å². The first-order valence-electron chi connectivity index (χ1n) is 7.24. The van der Waals surface area contributed by atoms with Crippen molar-refractivity contribution in [2.24, 2.45) is 0 Å². The van der Waals surface area contributed by atoms with Gasteiger partial charge in [-0.2, -0.15) is 0 Å². The Hall–Kier alpha value is -2.31. The summed E-state index contributed by atoms with van der Waals surface area (Å²) in [5, 5.41) is 0.482. The van der Waals surface area contributed by atoms with Crippen LogP contribution in [-0.4, -0.2) is 18.1 Å². The molecule has 4 heteroatoms. The number of aryl methyl sites for hydroxylation is 1. The molecule has 0 aliphatic rings. The smallest absolute Gasteiger partial charge is 0.357 e. The third kappa shape index (κ3) is 3.55. The predicted molar refractivity (Wildman–Crippen MR) is 91.9 cm³/mol. The number of hydrogen-bond acceptors (Lipinski definition) is 3. The summed E-state index contributed by atoms with van der Waals surface area (Å²) in [6.07, 6.45) is 0.565. The van der Waals surface area contributed by atoms with Crippen molar-refractivity contribution in [2.75, 3.05) is 7.11 Å². The van der Waals surface area contributed by atoms with E-state index < -0.39 is 5.97 Å². The number of methoxy groups -OCH3 is 1. The Balaban J connectivity index is 2.65. The van der Waals surface area contributed by atoms with Crippen LogP contribution in [0.15, 0.2) is 24.3 Å². The number of halogens is 1. The molecule has 0 spiro atoms. The number of pyridine rings is 1. The lowest BCUT2D eigenvalue weighted by molar-refractivity contribution is 0.0592. The van der Waals surface area contributed by atoms with Gasteiger partial charge in [0.25, 0.3) is 0 Å². The van der Waals surface area contributed by atoms with E-state index in [0.717, 1.165) is 22.3 Å². The van der Waals surface area contributed by atoms with Crippen molar-refractivity contribution in [3.8, 4) is 11.8 Å². The van der Waals surface area contributed by atoms with Gasteiger partial charge in [0.15, 0.2) is 5.69 Å². The van der Waals surface area contributed by atoms with Crippen LogP contribution in [0.4, 0.5) is 0 Å². The first-order valence-corrected chi connectivity index (χ1v) is 7.62. The molecular formula is C19H18ClNO2. The molecule has 1 aromatic carbocycles. The van der Waals surface area contributed by atoms with Crippen LogP contribution < -0.4 is 0 Å². The number of ether oxygens (including phenoxy) is 1. The van der Waals surface area contributed by atoms with Crippen molar-refractivity contribution in [1.29, 1.82) is 0 Å². The van der Waals surface area contributed by atoms with Gasteiger partial charge in [-0.1, -0.05) is 41.8 Å². The van der Waals surface area contributed by atoms with E-state index in [1.807, 2.05) is 38.1 Å². The lowest BCUT2D eigenvalue weighted by Crippen LogP contribution is -2.13. The highest BCUT2D eigenvalue weighted by atomic mass is 35.5. The van der Waals surface area contributed by atoms with Crippen LogP contribution in [-0.2, 0) is 11.2 Å². The number of nitrogens with zero attached hydrogens (tertiary/aromatic N) is 1. The number of benzene rings is 1. The Kier molecular flexibility index (Phi) is 5.41. The number of esters is 1. The Morgan fingerprint density at radius 3 is 2.61 bits per heavy atom. The summed E-state index contributed by atoms with van der Waals surface area (Å²) in [5.41, 5.74) is 4.53. The average molecular weight is 328 g/mol. The minimum Gasteiger partial charge on any atom is -0.464 e. The molecule has 0 amide bonds. The monoisotopic (exact) mass is 327 g/mol. The van der Waals surface area contributed by atoms with E-state index in [-0.39, 0.29) is 5.69 Å². The summed E-state index contributed by atoms with van der Waals surface area (Å²) in [4.78, 5) is 16.5. The van der Waals surface area contributed by atoms with Crippen molar-refractivity contribution in [1.82, 2.24) is 4.98 Å². The molecule has 0 atom stereocenters. The van der Waals surface area contributed by atoms with Crippen LogP contribution >= 0.6 is 11.6 Å². The number of hydrogen-bond donors (Lipinski definition) is 0. The van der Waals surface area contributed by atoms with Crippen molar-refractivity contribution in [3.63, 3.8) is 0 Å². The van der Waals surface area contributed by atoms with E-state index in [9.17, 15) is 4.79 Å². The van der Waals surface area contributed by atoms with Gasteiger partial charge in [0.05, 0.1) is 12.1 Å². The Morgan fingerprint density at radius 1 is 1.30 bits per heavy atom. The molecule has 0 radical (unpaired) electrons. The predicted octanol–water partition coefficient (Wildman–Crippen LogP) is 4.10. The largest absolute Gasteiger partial charge is 0.464 e. The third-order valence-electron chi connectivity index (χ3n) is 3.75. The molecule has 0 aliphatic heterocycles. The van der Waals surface area contributed by atoms with Crippen LogP contribution in [0.2, 0.25) is 5.02 Å². The molecule has 0 aliphatic carbocycles. The second-order valence-electron chi connectivity index (χ2n) is 5.20. The van der Waals surface area contributed by atoms with Gasteiger partial charge < -0.3 is 4.74 Å². The fraction of sp³-hybridized carbons (Fsp3) is 0.263. The summed E-state index contributed by atoms with van der Waals surface area (Å²) in [6.45, 7) is 5.62. The topological polar surface area (TPSA) is 39.2 Å². The molecule has 2 rings (SSSR count). The first kappa shape index (κ1) is 17.1. The average Bonchev–Trinajstić information content (AvgIpc) is 2.55. The van der Waals surface area contributed by atoms with Crippen LogP contribution in [0.3, 0.4) is 0 Å². The summed E-state index contributed by atoms with van der Waals surface area (Å²) < 4.78 is 4.88. The normalized spacial score (nSPS) is 9.96. The van der Waals surface area contributed by atoms with Crippen LogP contribution in [0.5, 0.6) is 0 Å². The number of aromatic nitrogens is 1. The molecule has 118 valence electrons. The molecule has 0 bridgehead atoms. The van der Waals surface area contributed by atoms with Crippen LogP contribution in [0.25, 0.3) is 0 Å². The van der Waals surface area contributed by atoms with Gasteiger partial charge in [0.2, 0.25) is 0 Å². The zero-order valence-electron chi connectivity index (χ0n) is 13.7. The van der Waals surface area contributed by atoms with E-state index >= 15 is 0 Å². The van der Waals surface area contributed by atoms with Crippen LogP contribution in [0.1, 0.15) is 45.4 Å². The van der Waals surface area contributed by atoms with E-state index in [1.54, 1.807) is 6.92 Å². The number of carbonyl (C=O) groups is 1. The molecule has 0 saturated heterocycles. The minimum atomic E-state index is -0.479. The fourth-order valence-corrected chi connectivity index (χ4v) is 2.60. The molecule has 1 aromatic heterocycles. The maximum absolute atomic E-state index is 12.2. The zero-order chi connectivity index (χ0) is 17.0. The molecule has 0 fully saturated rings. The lowest BCUT2D eigenvalue weighted by atomic mass is 9.95. The molecule has 2 aromatic rings. The van der Waals surface area contributed by atoms with Crippen molar-refractivity contribution in [2.45, 2.75) is 27.2 Å². The summed E-state index contributed by atoms with van der Waals surface area (Å²) >= 11 is 6.39. The van der Waals surface area contributed by atoms with Gasteiger partial charge in [0.1, 0.15) is 5.69 Å². The zero-order valence-corrected chi connectivity index (χ0v) is 14.4. The third-order valence-corrected chi connectivity index (χ3v) is 4.21. The highest BCUT2D eigenvalue weighted by Gasteiger charge is 2.21. The highest BCUT2D eigenvalue weighted by Crippen LogP contribution is 2.27. The molecule has 0 unspecified atom stereocenters. The van der Waals surface area contributed by atoms with Gasteiger partial charge in [-0.15, -0.1) is 0 Å². The van der Waals surface area contributed by atoms with Gasteiger partial charge in [-0.3, -0.25) is 0 Å². The van der Waals surface area contributed by atoms with Crippen molar-refractivity contribution >= 4 is 17.6 Å². The molecular weight excluding hydrogens is 310 g/mol. The molecule has 1 heterocycles. The molecule has 3 nitrogen and oxygen atoms in total. The summed E-state index contributed by atoms with van der Waals surface area (Å²) in [6, 6.07) is 8.03. The number of carbonyl (C=O) groups excluding carboxylic acids is 1. The second kappa shape index (κ2) is 7.30. The molecule has 23 heavy (non-hydrogen) atoms. The van der Waals surface area contributed by atoms with Gasteiger partial charge >= 0.3 is 5.97 Å². The van der Waals surface area contributed by atoms with Crippen LogP contribution in [0, 0.1) is 25.7 Å². The first-order chi connectivity index (χ1) is 11.0. The fourth-order valence-electron chi connectivity index (χ4n) is 2.40. The maximum atomic E-state index is 12.2. The van der Waals surface area contributed by atoms with E-state index in [1.165, 1.54) is 7.11 Å². The lowest BCUT2D eigenvalue weighted by Gasteiger charge is -2.14. The van der Waals surface area contributed by atoms with E-state index in [0.29, 0.717) is 17.1 Å². The summed E-state index contributed by atoms with van der Waals surface area (Å²) in [5.74, 6) is 5.12. The minimum absolute atomic E-state index is 0.274. The summed E-state index contributed by atoms with van der Waals surface area (Å²) in [7, 11) is 1.34. The highest BCUT2D eigenvalue weighted by molar-refractivity contribution is 6.32. The SMILES string of the molecule is CC#Cc1nc(C(=O)OC)c(Cc2ccccc2C)c(C)c1Cl. The van der Waals surface area contributed by atoms with E-state index in [2.05, 4.69) is 16.8 Å². The molecule has 0 N–H and O–H groups in total. The molecule has 0 saturated carbocycles. The van der Waals surface area contributed by atoms with E-state index in [4.69, 9.17) is 16.3 Å². The Morgan fingerprint density at radius 2 is 2.00 bits per heavy atom. The van der Waals surface area contributed by atoms with Crippen molar-refractivity contribution < 1.29 is 9.53 Å². The van der Waals surface area contributed by atoms with Crippen molar-refractivity contribution in [3.05, 3.63) is 62.9 Å². The van der Waals surface area contributed by atoms with Gasteiger partial charge in [-0.25, -0.2) is 9.78 Å². The quantitative estimate of drug-likeness (QED) is 0.629. The standard InChI is InChI=1S/C19H18ClNO2/c1-5-8-16-17(20)13(3)15(18(21-16)19(22)23-4)11-14-10-7-6-9-12(14)2/h6-7,9-10H,11H2,1-4H3. The number of rotatable bonds is 3. The van der Waals surface area contributed by atoms with Gasteiger partial charge in [-0.05, 0) is 48.9 Å². The second-order valence-corrected chi connectivity index (χ2v) is 5.57. The maximum Gasteiger partial charge on any atom is 0.357 e. The Bertz CT molecular complexity index is 816.